The van der Waals surface area contributed by atoms with E-state index < -0.39 is 11.7 Å². The van der Waals surface area contributed by atoms with Crippen molar-refractivity contribution < 1.29 is 9.18 Å². The first-order valence-electron chi connectivity index (χ1n) is 8.60. The average Bonchev–Trinajstić information content (AvgIpc) is 3.27. The number of aryl methyl sites for hydroxylation is 1. The predicted octanol–water partition coefficient (Wildman–Crippen LogP) is 3.10. The Balaban J connectivity index is 1.90. The van der Waals surface area contributed by atoms with Crippen LogP contribution in [-0.4, -0.2) is 30.1 Å². The van der Waals surface area contributed by atoms with Gasteiger partial charge < -0.3 is 10.3 Å². The molecule has 0 aliphatic rings. The summed E-state index contributed by atoms with van der Waals surface area (Å²) in [5.41, 5.74) is 9.21. The van der Waals surface area contributed by atoms with Crippen molar-refractivity contribution in [3.05, 3.63) is 59.4 Å². The molecule has 1 amide bonds. The second kappa shape index (κ2) is 7.05. The van der Waals surface area contributed by atoms with Gasteiger partial charge >= 0.3 is 0 Å². The highest BCUT2D eigenvalue weighted by molar-refractivity contribution is 6.31. The van der Waals surface area contributed by atoms with Crippen LogP contribution in [0.25, 0.3) is 28.3 Å². The lowest BCUT2D eigenvalue weighted by Crippen LogP contribution is -2.15. The van der Waals surface area contributed by atoms with Gasteiger partial charge in [0, 0.05) is 12.1 Å². The molecule has 0 aliphatic heterocycles. The van der Waals surface area contributed by atoms with Crippen LogP contribution < -0.4 is 5.73 Å². The van der Waals surface area contributed by atoms with Gasteiger partial charge in [0.1, 0.15) is 11.5 Å². The lowest BCUT2D eigenvalue weighted by atomic mass is 10.1. The van der Waals surface area contributed by atoms with E-state index in [9.17, 15) is 9.18 Å². The third-order valence-electron chi connectivity index (χ3n) is 4.40. The maximum absolute atomic E-state index is 13.6. The molecule has 3 heterocycles. The molecular weight excluding hydrogens is 383 g/mol. The van der Waals surface area contributed by atoms with E-state index in [4.69, 9.17) is 17.3 Å². The lowest BCUT2D eigenvalue weighted by molar-refractivity contribution is -0.117. The van der Waals surface area contributed by atoms with E-state index in [0.29, 0.717) is 34.8 Å². The Hall–Kier alpha value is -3.26. The summed E-state index contributed by atoms with van der Waals surface area (Å²) in [6.45, 7) is 2.65. The van der Waals surface area contributed by atoms with Gasteiger partial charge in [0.15, 0.2) is 5.65 Å². The summed E-state index contributed by atoms with van der Waals surface area (Å²) in [7, 11) is 0. The minimum atomic E-state index is -0.490. The topological polar surface area (TPSA) is 91.1 Å². The van der Waals surface area contributed by atoms with Crippen LogP contribution >= 0.6 is 11.6 Å². The number of benzene rings is 1. The lowest BCUT2D eigenvalue weighted by Gasteiger charge is -2.09. The molecule has 3 aromatic heterocycles. The minimum absolute atomic E-state index is 0.0243. The fourth-order valence-electron chi connectivity index (χ4n) is 3.09. The summed E-state index contributed by atoms with van der Waals surface area (Å²) in [5, 5.41) is 4.67. The zero-order valence-electron chi connectivity index (χ0n) is 14.9. The van der Waals surface area contributed by atoms with Crippen LogP contribution in [-0.2, 0) is 17.8 Å². The predicted molar refractivity (Wildman–Crippen MR) is 103 cm³/mol. The molecule has 2 N–H and O–H groups in total. The molecule has 9 heteroatoms. The zero-order chi connectivity index (χ0) is 19.8. The molecule has 0 bridgehead atoms. The maximum atomic E-state index is 13.6. The first-order chi connectivity index (χ1) is 13.5. The van der Waals surface area contributed by atoms with Crippen molar-refractivity contribution in [1.82, 2.24) is 24.1 Å². The molecule has 0 radical (unpaired) electrons. The third-order valence-corrected chi connectivity index (χ3v) is 4.69. The molecule has 0 atom stereocenters. The molecule has 7 nitrogen and oxygen atoms in total. The van der Waals surface area contributed by atoms with Gasteiger partial charge in [-0.1, -0.05) is 11.6 Å². The highest BCUT2D eigenvalue weighted by Gasteiger charge is 2.18. The molecule has 1 aromatic carbocycles. The Morgan fingerprint density at radius 3 is 2.79 bits per heavy atom. The Labute approximate surface area is 164 Å². The van der Waals surface area contributed by atoms with Crippen molar-refractivity contribution in [2.24, 2.45) is 5.73 Å². The molecule has 0 spiro atoms. The number of halogens is 2. The molecule has 0 aliphatic carbocycles. The van der Waals surface area contributed by atoms with Crippen LogP contribution in [0.15, 0.2) is 42.9 Å². The monoisotopic (exact) mass is 398 g/mol. The highest BCUT2D eigenvalue weighted by atomic mass is 35.5. The van der Waals surface area contributed by atoms with E-state index in [1.54, 1.807) is 29.2 Å². The van der Waals surface area contributed by atoms with Crippen molar-refractivity contribution in [1.29, 1.82) is 0 Å². The highest BCUT2D eigenvalue weighted by Crippen LogP contribution is 2.32. The number of nitrogens with zero attached hydrogens (tertiary/aromatic N) is 5. The Morgan fingerprint density at radius 2 is 2.07 bits per heavy atom. The van der Waals surface area contributed by atoms with Gasteiger partial charge in [0.2, 0.25) is 5.91 Å². The minimum Gasteiger partial charge on any atom is -0.369 e. The summed E-state index contributed by atoms with van der Waals surface area (Å²) in [5.74, 6) is -0.954. The van der Waals surface area contributed by atoms with Crippen LogP contribution in [0.1, 0.15) is 12.6 Å². The Kier molecular flexibility index (Phi) is 4.56. The van der Waals surface area contributed by atoms with Gasteiger partial charge in [-0.25, -0.2) is 18.9 Å². The van der Waals surface area contributed by atoms with Gasteiger partial charge in [0.05, 0.1) is 41.0 Å². The Bertz CT molecular complexity index is 1200. The number of nitrogens with two attached hydrogens (primary N) is 1. The van der Waals surface area contributed by atoms with Gasteiger partial charge in [-0.3, -0.25) is 4.79 Å². The summed E-state index contributed by atoms with van der Waals surface area (Å²) < 4.78 is 17.1. The molecule has 0 fully saturated rings. The molecule has 4 aromatic rings. The van der Waals surface area contributed by atoms with Crippen molar-refractivity contribution in [3.8, 4) is 22.6 Å². The molecular formula is C19H16ClFN6O. The summed E-state index contributed by atoms with van der Waals surface area (Å²) >= 11 is 5.95. The quantitative estimate of drug-likeness (QED) is 0.559. The normalized spacial score (nSPS) is 11.2. The van der Waals surface area contributed by atoms with Crippen molar-refractivity contribution in [2.75, 3.05) is 0 Å². The SMILES string of the molecule is CCn1cnc(-c2ccc(F)c(Cl)c2)c1-c1ccc2ncc(CC(N)=O)n2n1. The van der Waals surface area contributed by atoms with Gasteiger partial charge in [0.25, 0.3) is 0 Å². The molecule has 0 unspecified atom stereocenters. The van der Waals surface area contributed by atoms with Gasteiger partial charge in [-0.2, -0.15) is 5.10 Å². The van der Waals surface area contributed by atoms with E-state index in [2.05, 4.69) is 15.1 Å². The second-order valence-corrected chi connectivity index (χ2v) is 6.65. The summed E-state index contributed by atoms with van der Waals surface area (Å²) in [6.07, 6.45) is 3.31. The molecule has 28 heavy (non-hydrogen) atoms. The van der Waals surface area contributed by atoms with E-state index in [0.717, 1.165) is 5.69 Å². The zero-order valence-corrected chi connectivity index (χ0v) is 15.7. The Morgan fingerprint density at radius 1 is 1.25 bits per heavy atom. The fourth-order valence-corrected chi connectivity index (χ4v) is 3.27. The number of hydrogen-bond donors (Lipinski definition) is 1. The smallest absolute Gasteiger partial charge is 0.223 e. The third kappa shape index (κ3) is 3.11. The van der Waals surface area contributed by atoms with Gasteiger partial charge in [-0.05, 0) is 37.3 Å². The number of fused-ring (bicyclic) bond motifs is 1. The molecule has 0 saturated heterocycles. The van der Waals surface area contributed by atoms with Crippen LogP contribution in [0, 0.1) is 5.82 Å². The van der Waals surface area contributed by atoms with Crippen LogP contribution in [0.3, 0.4) is 0 Å². The second-order valence-electron chi connectivity index (χ2n) is 6.24. The number of imidazole rings is 2. The summed E-state index contributed by atoms with van der Waals surface area (Å²) in [4.78, 5) is 20.1. The molecule has 0 saturated carbocycles. The van der Waals surface area contributed by atoms with Gasteiger partial charge in [-0.15, -0.1) is 0 Å². The van der Waals surface area contributed by atoms with E-state index >= 15 is 0 Å². The number of aromatic nitrogens is 5. The first-order valence-corrected chi connectivity index (χ1v) is 8.98. The summed E-state index contributed by atoms with van der Waals surface area (Å²) in [6, 6.07) is 8.11. The number of hydrogen-bond acceptors (Lipinski definition) is 4. The number of carbonyl (C=O) groups is 1. The largest absolute Gasteiger partial charge is 0.369 e. The first kappa shape index (κ1) is 18.1. The van der Waals surface area contributed by atoms with Crippen LogP contribution in [0.2, 0.25) is 5.02 Å². The van der Waals surface area contributed by atoms with E-state index in [-0.39, 0.29) is 11.4 Å². The number of amides is 1. The van der Waals surface area contributed by atoms with Crippen LogP contribution in [0.4, 0.5) is 4.39 Å². The average molecular weight is 399 g/mol. The fraction of sp³-hybridized carbons (Fsp3) is 0.158. The standard InChI is InChI=1S/C19H16ClFN6O/c1-2-26-10-24-18(11-3-4-14(21)13(20)7-11)19(26)15-5-6-17-23-9-12(8-16(22)28)27(17)25-15/h3-7,9-10H,2,8H2,1H3,(H2,22,28). The molecule has 142 valence electrons. The molecule has 4 rings (SSSR count). The number of rotatable bonds is 5. The number of primary amides is 1. The maximum Gasteiger partial charge on any atom is 0.223 e. The van der Waals surface area contributed by atoms with Crippen molar-refractivity contribution in [2.45, 2.75) is 19.9 Å². The van der Waals surface area contributed by atoms with E-state index in [1.165, 1.54) is 12.1 Å². The van der Waals surface area contributed by atoms with Crippen molar-refractivity contribution in [3.63, 3.8) is 0 Å². The van der Waals surface area contributed by atoms with E-state index in [1.807, 2.05) is 17.6 Å². The van der Waals surface area contributed by atoms with Crippen LogP contribution in [0.5, 0.6) is 0 Å². The number of carbonyl (C=O) groups excluding carboxylic acids is 1. The van der Waals surface area contributed by atoms with Crippen molar-refractivity contribution >= 4 is 23.2 Å².